The van der Waals surface area contributed by atoms with Gasteiger partial charge in [0.25, 0.3) is 0 Å². The maximum absolute atomic E-state index is 12.4. The summed E-state index contributed by atoms with van der Waals surface area (Å²) in [5.41, 5.74) is 0.559. The van der Waals surface area contributed by atoms with Crippen LogP contribution in [0.3, 0.4) is 0 Å². The molecular weight excluding hydrogens is 300 g/mol. The van der Waals surface area contributed by atoms with Crippen molar-refractivity contribution in [3.63, 3.8) is 0 Å². The van der Waals surface area contributed by atoms with Gasteiger partial charge in [0, 0.05) is 35.9 Å². The van der Waals surface area contributed by atoms with Gasteiger partial charge in [-0.05, 0) is 37.1 Å². The van der Waals surface area contributed by atoms with E-state index in [-0.39, 0.29) is 28.3 Å². The van der Waals surface area contributed by atoms with Crippen LogP contribution in [0.25, 0.3) is 0 Å². The number of benzene rings is 1. The van der Waals surface area contributed by atoms with Crippen LogP contribution in [0.4, 0.5) is 0 Å². The van der Waals surface area contributed by atoms with Crippen LogP contribution in [0.15, 0.2) is 24.3 Å². The highest BCUT2D eigenvalue weighted by Crippen LogP contribution is 2.36. The van der Waals surface area contributed by atoms with Crippen LogP contribution in [0.5, 0.6) is 5.75 Å². The fraction of sp³-hybridized carbons (Fsp3) is 0.500. The van der Waals surface area contributed by atoms with E-state index in [9.17, 15) is 24.8 Å². The fourth-order valence-electron chi connectivity index (χ4n) is 3.14. The van der Waals surface area contributed by atoms with Crippen LogP contribution in [-0.4, -0.2) is 45.8 Å². The van der Waals surface area contributed by atoms with E-state index in [0.29, 0.717) is 37.9 Å². The summed E-state index contributed by atoms with van der Waals surface area (Å²) in [6.07, 6.45) is 1.47. The molecule has 1 aliphatic heterocycles. The smallest absolute Gasteiger partial charge is 0.232 e. The number of hydrogen-bond acceptors (Lipinski definition) is 5. The zero-order valence-electron chi connectivity index (χ0n) is 12.6. The summed E-state index contributed by atoms with van der Waals surface area (Å²) in [4.78, 5) is 36.5. The molecule has 1 saturated heterocycles. The third-order valence-corrected chi connectivity index (χ3v) is 4.67. The van der Waals surface area contributed by atoms with E-state index in [1.165, 1.54) is 12.1 Å². The molecule has 0 radical (unpaired) electrons. The third kappa shape index (κ3) is 3.18. The van der Waals surface area contributed by atoms with Crippen molar-refractivity contribution in [3.05, 3.63) is 39.9 Å². The van der Waals surface area contributed by atoms with Crippen molar-refractivity contribution in [2.45, 2.75) is 25.3 Å². The summed E-state index contributed by atoms with van der Waals surface area (Å²) < 4.78 is 0. The van der Waals surface area contributed by atoms with Gasteiger partial charge in [-0.3, -0.25) is 19.7 Å². The van der Waals surface area contributed by atoms with Crippen LogP contribution >= 0.6 is 0 Å². The van der Waals surface area contributed by atoms with E-state index in [0.717, 1.165) is 0 Å². The molecule has 7 heteroatoms. The highest BCUT2D eigenvalue weighted by molar-refractivity contribution is 5.98. The summed E-state index contributed by atoms with van der Waals surface area (Å²) in [6, 6.07) is 5.44. The SMILES string of the molecule is O=C(c1ccc(O)cc1)C1CCN(C(=O)[C@H]2C[C@H]2[N+](=O)[O-])CC1. The fourth-order valence-corrected chi connectivity index (χ4v) is 3.14. The molecular formula is C16H18N2O5. The highest BCUT2D eigenvalue weighted by Gasteiger charge is 2.54. The molecule has 1 saturated carbocycles. The molecule has 0 unspecified atom stereocenters. The van der Waals surface area contributed by atoms with E-state index in [1.807, 2.05) is 0 Å². The number of carbonyl (C=O) groups excluding carboxylic acids is 2. The number of nitro groups is 1. The van der Waals surface area contributed by atoms with Crippen LogP contribution in [0.1, 0.15) is 29.6 Å². The normalized spacial score (nSPS) is 24.3. The Morgan fingerprint density at radius 1 is 1.17 bits per heavy atom. The van der Waals surface area contributed by atoms with Gasteiger partial charge in [-0.1, -0.05) is 0 Å². The van der Waals surface area contributed by atoms with Gasteiger partial charge in [0.15, 0.2) is 5.78 Å². The Morgan fingerprint density at radius 3 is 2.30 bits per heavy atom. The van der Waals surface area contributed by atoms with Gasteiger partial charge < -0.3 is 10.0 Å². The number of nitrogens with zero attached hydrogens (tertiary/aromatic N) is 2. The topological polar surface area (TPSA) is 101 Å². The maximum atomic E-state index is 12.4. The Kier molecular flexibility index (Phi) is 4.02. The number of piperidine rings is 1. The molecule has 1 aliphatic carbocycles. The Hall–Kier alpha value is -2.44. The first kappa shape index (κ1) is 15.5. The van der Waals surface area contributed by atoms with E-state index in [1.54, 1.807) is 17.0 Å². The van der Waals surface area contributed by atoms with E-state index in [2.05, 4.69) is 0 Å². The van der Waals surface area contributed by atoms with Crippen LogP contribution in [-0.2, 0) is 4.79 Å². The van der Waals surface area contributed by atoms with Crippen molar-refractivity contribution >= 4 is 11.7 Å². The first-order chi connectivity index (χ1) is 11.0. The molecule has 2 aliphatic rings. The first-order valence-corrected chi connectivity index (χ1v) is 7.73. The minimum Gasteiger partial charge on any atom is -0.508 e. The van der Waals surface area contributed by atoms with Crippen molar-refractivity contribution in [1.82, 2.24) is 4.90 Å². The summed E-state index contributed by atoms with van der Waals surface area (Å²) in [5.74, 6) is -0.635. The number of ketones is 1. The first-order valence-electron chi connectivity index (χ1n) is 7.73. The summed E-state index contributed by atoms with van der Waals surface area (Å²) in [7, 11) is 0. The van der Waals surface area contributed by atoms with Crippen LogP contribution in [0.2, 0.25) is 0 Å². The Balaban J connectivity index is 1.54. The molecule has 1 aromatic rings. The summed E-state index contributed by atoms with van der Waals surface area (Å²) in [5, 5.41) is 19.9. The van der Waals surface area contributed by atoms with Gasteiger partial charge in [-0.15, -0.1) is 0 Å². The van der Waals surface area contributed by atoms with E-state index >= 15 is 0 Å². The largest absolute Gasteiger partial charge is 0.508 e. The number of aromatic hydroxyl groups is 1. The number of phenols is 1. The number of carbonyl (C=O) groups is 2. The van der Waals surface area contributed by atoms with E-state index < -0.39 is 12.0 Å². The van der Waals surface area contributed by atoms with Gasteiger partial charge in [0.2, 0.25) is 11.9 Å². The zero-order valence-corrected chi connectivity index (χ0v) is 12.6. The molecule has 122 valence electrons. The van der Waals surface area contributed by atoms with Crippen LogP contribution < -0.4 is 0 Å². The molecule has 1 amide bonds. The molecule has 23 heavy (non-hydrogen) atoms. The monoisotopic (exact) mass is 318 g/mol. The number of rotatable bonds is 4. The molecule has 1 N–H and O–H groups in total. The molecule has 7 nitrogen and oxygen atoms in total. The van der Waals surface area contributed by atoms with Crippen molar-refractivity contribution in [2.75, 3.05) is 13.1 Å². The van der Waals surface area contributed by atoms with Crippen molar-refractivity contribution in [2.24, 2.45) is 11.8 Å². The standard InChI is InChI=1S/C16H18N2O5/c19-12-3-1-10(2-4-12)15(20)11-5-7-17(8-6-11)16(21)13-9-14(13)18(22)23/h1-4,11,13-14,19H,5-9H2/t13-,14+/m0/s1. The number of hydrogen-bond donors (Lipinski definition) is 1. The molecule has 2 atom stereocenters. The average Bonchev–Trinajstić information content (AvgIpc) is 3.35. The summed E-state index contributed by atoms with van der Waals surface area (Å²) >= 11 is 0. The predicted molar refractivity (Wildman–Crippen MR) is 80.6 cm³/mol. The lowest BCUT2D eigenvalue weighted by atomic mass is 9.88. The Morgan fingerprint density at radius 2 is 1.78 bits per heavy atom. The zero-order chi connectivity index (χ0) is 16.6. The minimum atomic E-state index is -0.723. The molecule has 1 heterocycles. The van der Waals surface area contributed by atoms with Crippen molar-refractivity contribution < 1.29 is 19.6 Å². The quantitative estimate of drug-likeness (QED) is 0.515. The number of amides is 1. The predicted octanol–water partition coefficient (Wildman–Crippen LogP) is 1.48. The lowest BCUT2D eigenvalue weighted by Crippen LogP contribution is -2.41. The highest BCUT2D eigenvalue weighted by atomic mass is 16.6. The van der Waals surface area contributed by atoms with E-state index in [4.69, 9.17) is 0 Å². The molecule has 0 aromatic heterocycles. The lowest BCUT2D eigenvalue weighted by molar-refractivity contribution is -0.497. The van der Waals surface area contributed by atoms with Gasteiger partial charge in [0.1, 0.15) is 11.7 Å². The third-order valence-electron chi connectivity index (χ3n) is 4.67. The minimum absolute atomic E-state index is 0.0201. The van der Waals surface area contributed by atoms with Gasteiger partial charge >= 0.3 is 0 Å². The molecule has 1 aromatic carbocycles. The summed E-state index contributed by atoms with van der Waals surface area (Å²) in [6.45, 7) is 0.933. The van der Waals surface area contributed by atoms with Crippen molar-refractivity contribution in [3.8, 4) is 5.75 Å². The van der Waals surface area contributed by atoms with Gasteiger partial charge in [0.05, 0.1) is 0 Å². The Bertz CT molecular complexity index is 634. The second-order valence-electron chi connectivity index (χ2n) is 6.21. The second kappa shape index (κ2) is 5.98. The van der Waals surface area contributed by atoms with Crippen LogP contribution in [0, 0.1) is 22.0 Å². The molecule has 0 spiro atoms. The maximum Gasteiger partial charge on any atom is 0.232 e. The number of phenolic OH excluding ortho intramolecular Hbond substituents is 1. The Labute approximate surface area is 133 Å². The second-order valence-corrected chi connectivity index (χ2v) is 6.21. The molecule has 3 rings (SSSR count). The molecule has 0 bridgehead atoms. The van der Waals surface area contributed by atoms with Crippen molar-refractivity contribution in [1.29, 1.82) is 0 Å². The van der Waals surface area contributed by atoms with Gasteiger partial charge in [-0.2, -0.15) is 0 Å². The molecule has 2 fully saturated rings. The number of Topliss-reactive ketones (excluding diaryl/α,β-unsaturated/α-hetero) is 1. The van der Waals surface area contributed by atoms with Gasteiger partial charge in [-0.25, -0.2) is 0 Å². The number of likely N-dealkylation sites (tertiary alicyclic amines) is 1. The average molecular weight is 318 g/mol. The lowest BCUT2D eigenvalue weighted by Gasteiger charge is -2.31.